The molecule has 2 N–H and O–H groups in total. The van der Waals surface area contributed by atoms with Crippen LogP contribution in [0, 0.1) is 6.92 Å². The summed E-state index contributed by atoms with van der Waals surface area (Å²) in [5, 5.41) is 0.416. The number of halogens is 1. The highest BCUT2D eigenvalue weighted by Crippen LogP contribution is 2.42. The molecule has 4 nitrogen and oxygen atoms in total. The fourth-order valence-corrected chi connectivity index (χ4v) is 1.85. The molecule has 0 aromatic heterocycles. The Hall–Kier alpha value is -1.26. The lowest BCUT2D eigenvalue weighted by Crippen LogP contribution is -2.27. The summed E-state index contributed by atoms with van der Waals surface area (Å²) in [4.78, 5) is 11.8. The predicted octanol–water partition coefficient (Wildman–Crippen LogP) is 1.91. The lowest BCUT2D eigenvalue weighted by molar-refractivity contribution is 0.0967. The Morgan fingerprint density at radius 2 is 2.25 bits per heavy atom. The number of carbonyl (C=O) groups excluding carboxylic acids is 1. The summed E-state index contributed by atoms with van der Waals surface area (Å²) < 4.78 is 10.4. The molecule has 1 unspecified atom stereocenters. The summed E-state index contributed by atoms with van der Waals surface area (Å²) in [5.41, 5.74) is 6.73. The summed E-state index contributed by atoms with van der Waals surface area (Å²) in [6.45, 7) is 3.53. The summed E-state index contributed by atoms with van der Waals surface area (Å²) in [7, 11) is 0. The maximum Gasteiger partial charge on any atom is 0.231 e. The number of carbonyl (C=O) groups is 1. The normalized spacial score (nSPS) is 15.0. The Bertz CT molecular complexity index is 457. The van der Waals surface area contributed by atoms with E-state index in [0.29, 0.717) is 27.6 Å². The van der Waals surface area contributed by atoms with E-state index in [0.717, 1.165) is 0 Å². The number of ether oxygens (including phenoxy) is 2. The van der Waals surface area contributed by atoms with E-state index in [1.54, 1.807) is 19.9 Å². The van der Waals surface area contributed by atoms with Gasteiger partial charge in [-0.15, -0.1) is 0 Å². The zero-order valence-electron chi connectivity index (χ0n) is 9.04. The number of fused-ring (bicyclic) bond motifs is 1. The third kappa shape index (κ3) is 1.64. The lowest BCUT2D eigenvalue weighted by Gasteiger charge is -2.11. The third-order valence-electron chi connectivity index (χ3n) is 2.53. The second-order valence-electron chi connectivity index (χ2n) is 3.75. The number of nitrogens with two attached hydrogens (primary N) is 1. The van der Waals surface area contributed by atoms with Crippen LogP contribution in [0.15, 0.2) is 6.07 Å². The first kappa shape index (κ1) is 11.2. The summed E-state index contributed by atoms with van der Waals surface area (Å²) in [5.74, 6) is 0.845. The van der Waals surface area contributed by atoms with Crippen LogP contribution in [0.25, 0.3) is 0 Å². The molecule has 2 rings (SSSR count). The van der Waals surface area contributed by atoms with Crippen molar-refractivity contribution >= 4 is 17.4 Å². The van der Waals surface area contributed by atoms with Crippen molar-refractivity contribution in [3.05, 3.63) is 22.2 Å². The predicted molar refractivity (Wildman–Crippen MR) is 60.3 cm³/mol. The first-order chi connectivity index (χ1) is 7.52. The van der Waals surface area contributed by atoms with E-state index in [1.807, 2.05) is 0 Å². The molecule has 1 atom stereocenters. The number of hydrogen-bond acceptors (Lipinski definition) is 4. The Balaban J connectivity index is 2.56. The monoisotopic (exact) mass is 241 g/mol. The molecule has 86 valence electrons. The van der Waals surface area contributed by atoms with Crippen LogP contribution in [-0.2, 0) is 0 Å². The maximum absolute atomic E-state index is 11.8. The van der Waals surface area contributed by atoms with Gasteiger partial charge in [-0.1, -0.05) is 11.6 Å². The highest BCUT2D eigenvalue weighted by atomic mass is 35.5. The van der Waals surface area contributed by atoms with Crippen LogP contribution >= 0.6 is 11.6 Å². The quantitative estimate of drug-likeness (QED) is 0.804. The molecule has 1 heterocycles. The summed E-state index contributed by atoms with van der Waals surface area (Å²) in [6, 6.07) is 1.07. The molecular weight excluding hydrogens is 230 g/mol. The molecule has 5 heteroatoms. The van der Waals surface area contributed by atoms with Gasteiger partial charge in [0.25, 0.3) is 0 Å². The van der Waals surface area contributed by atoms with E-state index in [1.165, 1.54) is 0 Å². The number of ketones is 1. The van der Waals surface area contributed by atoms with Crippen molar-refractivity contribution < 1.29 is 14.3 Å². The fraction of sp³-hybridized carbons (Fsp3) is 0.364. The van der Waals surface area contributed by atoms with Crippen LogP contribution in [0.4, 0.5) is 0 Å². The molecule has 0 saturated carbocycles. The Kier molecular flexibility index (Phi) is 2.78. The van der Waals surface area contributed by atoms with Crippen molar-refractivity contribution in [2.75, 3.05) is 6.79 Å². The summed E-state index contributed by atoms with van der Waals surface area (Å²) >= 11 is 6.09. The minimum Gasteiger partial charge on any atom is -0.454 e. The van der Waals surface area contributed by atoms with E-state index in [-0.39, 0.29) is 12.6 Å². The molecule has 0 radical (unpaired) electrons. The number of benzene rings is 1. The van der Waals surface area contributed by atoms with Gasteiger partial charge in [-0.05, 0) is 25.5 Å². The molecule has 0 spiro atoms. The molecule has 1 aliphatic rings. The Morgan fingerprint density at radius 3 is 2.88 bits per heavy atom. The molecule has 0 fully saturated rings. The van der Waals surface area contributed by atoms with Gasteiger partial charge in [0.15, 0.2) is 17.3 Å². The second-order valence-corrected chi connectivity index (χ2v) is 4.13. The molecule has 1 aliphatic heterocycles. The smallest absolute Gasteiger partial charge is 0.231 e. The first-order valence-electron chi connectivity index (χ1n) is 4.91. The molecule has 16 heavy (non-hydrogen) atoms. The van der Waals surface area contributed by atoms with Crippen molar-refractivity contribution in [3.63, 3.8) is 0 Å². The average molecular weight is 242 g/mol. The Labute approximate surface area is 98.3 Å². The highest BCUT2D eigenvalue weighted by molar-refractivity contribution is 6.33. The standard InChI is InChI=1S/C11H12ClNO3/c1-5-7(10(14)6(2)13)3-8-11(9(5)12)16-4-15-8/h3,6H,4,13H2,1-2H3. The number of hydrogen-bond donors (Lipinski definition) is 1. The molecule has 0 saturated heterocycles. The number of Topliss-reactive ketones (excluding diaryl/α,β-unsaturated/α-hetero) is 1. The average Bonchev–Trinajstić information content (AvgIpc) is 2.70. The van der Waals surface area contributed by atoms with Crippen molar-refractivity contribution in [2.45, 2.75) is 19.9 Å². The lowest BCUT2D eigenvalue weighted by atomic mass is 10.00. The third-order valence-corrected chi connectivity index (χ3v) is 2.98. The van der Waals surface area contributed by atoms with E-state index in [9.17, 15) is 4.79 Å². The van der Waals surface area contributed by atoms with Gasteiger partial charge in [0.1, 0.15) is 0 Å². The SMILES string of the molecule is Cc1c(C(=O)C(C)N)cc2c(c1Cl)OCO2. The van der Waals surface area contributed by atoms with Gasteiger partial charge in [0.05, 0.1) is 11.1 Å². The zero-order chi connectivity index (χ0) is 11.9. The van der Waals surface area contributed by atoms with Gasteiger partial charge in [-0.25, -0.2) is 0 Å². The summed E-state index contributed by atoms with van der Waals surface area (Å²) in [6.07, 6.45) is 0. The zero-order valence-corrected chi connectivity index (χ0v) is 9.80. The van der Waals surface area contributed by atoms with Gasteiger partial charge < -0.3 is 15.2 Å². The van der Waals surface area contributed by atoms with Gasteiger partial charge in [-0.2, -0.15) is 0 Å². The van der Waals surface area contributed by atoms with Gasteiger partial charge in [0, 0.05) is 5.56 Å². The van der Waals surface area contributed by atoms with Crippen LogP contribution in [0.5, 0.6) is 11.5 Å². The van der Waals surface area contributed by atoms with Crippen LogP contribution in [-0.4, -0.2) is 18.6 Å². The molecule has 0 bridgehead atoms. The molecule has 1 aromatic rings. The van der Waals surface area contributed by atoms with Gasteiger partial charge in [0.2, 0.25) is 6.79 Å². The molecule has 0 amide bonds. The topological polar surface area (TPSA) is 61.6 Å². The van der Waals surface area contributed by atoms with Crippen molar-refractivity contribution in [1.29, 1.82) is 0 Å². The van der Waals surface area contributed by atoms with Crippen molar-refractivity contribution in [2.24, 2.45) is 5.73 Å². The van der Waals surface area contributed by atoms with E-state index in [4.69, 9.17) is 26.8 Å². The van der Waals surface area contributed by atoms with Crippen LogP contribution in [0.2, 0.25) is 5.02 Å². The molecule has 1 aromatic carbocycles. The van der Waals surface area contributed by atoms with Gasteiger partial charge >= 0.3 is 0 Å². The van der Waals surface area contributed by atoms with E-state index >= 15 is 0 Å². The fourth-order valence-electron chi connectivity index (χ4n) is 1.60. The van der Waals surface area contributed by atoms with Crippen LogP contribution in [0.3, 0.4) is 0 Å². The van der Waals surface area contributed by atoms with Crippen molar-refractivity contribution in [3.8, 4) is 11.5 Å². The minimum absolute atomic E-state index is 0.129. The van der Waals surface area contributed by atoms with Crippen LogP contribution < -0.4 is 15.2 Å². The Morgan fingerprint density at radius 1 is 1.56 bits per heavy atom. The van der Waals surface area contributed by atoms with E-state index < -0.39 is 6.04 Å². The first-order valence-corrected chi connectivity index (χ1v) is 5.28. The molecule has 0 aliphatic carbocycles. The largest absolute Gasteiger partial charge is 0.454 e. The highest BCUT2D eigenvalue weighted by Gasteiger charge is 2.24. The minimum atomic E-state index is -0.560. The van der Waals surface area contributed by atoms with Gasteiger partial charge in [-0.3, -0.25) is 4.79 Å². The van der Waals surface area contributed by atoms with Crippen LogP contribution in [0.1, 0.15) is 22.8 Å². The number of rotatable bonds is 2. The maximum atomic E-state index is 11.8. The van der Waals surface area contributed by atoms with E-state index in [2.05, 4.69) is 0 Å². The molecular formula is C11H12ClNO3. The van der Waals surface area contributed by atoms with Crippen molar-refractivity contribution in [1.82, 2.24) is 0 Å². The second kappa shape index (κ2) is 3.96.